The highest BCUT2D eigenvalue weighted by atomic mass is 16.5. The van der Waals surface area contributed by atoms with Crippen molar-refractivity contribution in [2.24, 2.45) is 0 Å². The Morgan fingerprint density at radius 2 is 1.83 bits per heavy atom. The molecule has 0 amide bonds. The molecule has 3 rings (SSSR count). The summed E-state index contributed by atoms with van der Waals surface area (Å²) in [7, 11) is 3.73. The van der Waals surface area contributed by atoms with Crippen LogP contribution in [0.4, 0.5) is 0 Å². The van der Waals surface area contributed by atoms with Crippen molar-refractivity contribution < 1.29 is 4.74 Å². The number of aromatic nitrogens is 1. The lowest BCUT2D eigenvalue weighted by molar-refractivity contribution is 0.406. The maximum atomic E-state index is 5.40. The van der Waals surface area contributed by atoms with Crippen LogP contribution in [0.15, 0.2) is 54.7 Å². The molecule has 24 heavy (non-hydrogen) atoms. The van der Waals surface area contributed by atoms with Crippen molar-refractivity contribution in [3.63, 3.8) is 0 Å². The molecule has 0 saturated carbocycles. The molecule has 4 heteroatoms. The number of para-hydroxylation sites is 2. The predicted molar refractivity (Wildman–Crippen MR) is 99.6 cm³/mol. The number of nitrogens with one attached hydrogen (secondary N) is 3. The minimum absolute atomic E-state index is 0.374. The fourth-order valence-corrected chi connectivity index (χ4v) is 3.07. The number of ether oxygens (including phenoxy) is 1. The Kier molecular flexibility index (Phi) is 5.51. The number of H-pyrrole nitrogens is 1. The number of rotatable bonds is 8. The second-order valence-electron chi connectivity index (χ2n) is 5.99. The van der Waals surface area contributed by atoms with Gasteiger partial charge in [-0.25, -0.2) is 0 Å². The molecular weight excluding hydrogens is 298 g/mol. The van der Waals surface area contributed by atoms with Gasteiger partial charge in [0.25, 0.3) is 0 Å². The van der Waals surface area contributed by atoms with Gasteiger partial charge < -0.3 is 20.4 Å². The Bertz CT molecular complexity index is 781. The van der Waals surface area contributed by atoms with Gasteiger partial charge in [0.15, 0.2) is 0 Å². The molecule has 0 saturated heterocycles. The second-order valence-corrected chi connectivity index (χ2v) is 5.99. The molecule has 0 bridgehead atoms. The monoisotopic (exact) mass is 323 g/mol. The van der Waals surface area contributed by atoms with Gasteiger partial charge in [-0.1, -0.05) is 36.4 Å². The van der Waals surface area contributed by atoms with Crippen molar-refractivity contribution >= 4 is 10.9 Å². The zero-order chi connectivity index (χ0) is 16.8. The van der Waals surface area contributed by atoms with Gasteiger partial charge in [0, 0.05) is 41.8 Å². The summed E-state index contributed by atoms with van der Waals surface area (Å²) in [5.74, 6) is 0.933. The first-order valence-corrected chi connectivity index (χ1v) is 8.36. The Morgan fingerprint density at radius 1 is 1.04 bits per heavy atom. The third kappa shape index (κ3) is 3.78. The van der Waals surface area contributed by atoms with Crippen LogP contribution in [0.2, 0.25) is 0 Å². The topological polar surface area (TPSA) is 49.1 Å². The molecule has 0 aliphatic carbocycles. The smallest absolute Gasteiger partial charge is 0.123 e. The lowest BCUT2D eigenvalue weighted by Crippen LogP contribution is -2.38. The van der Waals surface area contributed by atoms with E-state index in [2.05, 4.69) is 52.1 Å². The molecule has 1 atom stereocenters. The largest absolute Gasteiger partial charge is 0.496 e. The summed E-state index contributed by atoms with van der Waals surface area (Å²) in [5.41, 5.74) is 3.73. The minimum atomic E-state index is 0.374. The standard InChI is InChI=1S/C20H25N3O/c1-21-17(11-16-13-23-19-9-5-4-8-18(16)19)14-22-12-15-7-3-6-10-20(15)24-2/h3-10,13,17,21-23H,11-12,14H2,1-2H3. The van der Waals surface area contributed by atoms with Crippen LogP contribution in [-0.4, -0.2) is 31.7 Å². The molecule has 3 N–H and O–H groups in total. The first kappa shape index (κ1) is 16.6. The zero-order valence-electron chi connectivity index (χ0n) is 14.3. The van der Waals surface area contributed by atoms with Gasteiger partial charge in [0.05, 0.1) is 7.11 Å². The van der Waals surface area contributed by atoms with Crippen LogP contribution < -0.4 is 15.4 Å². The van der Waals surface area contributed by atoms with Crippen molar-refractivity contribution in [1.29, 1.82) is 0 Å². The van der Waals surface area contributed by atoms with Crippen molar-refractivity contribution in [2.45, 2.75) is 19.0 Å². The Morgan fingerprint density at radius 3 is 2.67 bits per heavy atom. The molecule has 0 spiro atoms. The first-order valence-electron chi connectivity index (χ1n) is 8.36. The predicted octanol–water partition coefficient (Wildman–Crippen LogP) is 3.10. The zero-order valence-corrected chi connectivity index (χ0v) is 14.3. The fourth-order valence-electron chi connectivity index (χ4n) is 3.07. The molecule has 1 aromatic heterocycles. The highest BCUT2D eigenvalue weighted by Crippen LogP contribution is 2.19. The summed E-state index contributed by atoms with van der Waals surface area (Å²) in [6.07, 6.45) is 3.11. The molecular formula is C20H25N3O. The van der Waals surface area contributed by atoms with Gasteiger partial charge in [-0.3, -0.25) is 0 Å². The molecule has 0 aliphatic rings. The van der Waals surface area contributed by atoms with Crippen LogP contribution in [0.3, 0.4) is 0 Å². The van der Waals surface area contributed by atoms with Crippen LogP contribution >= 0.6 is 0 Å². The molecule has 2 aromatic carbocycles. The van der Waals surface area contributed by atoms with E-state index in [4.69, 9.17) is 4.74 Å². The van der Waals surface area contributed by atoms with Gasteiger partial charge >= 0.3 is 0 Å². The maximum absolute atomic E-state index is 5.40. The lowest BCUT2D eigenvalue weighted by atomic mass is 10.0. The van der Waals surface area contributed by atoms with Gasteiger partial charge in [-0.2, -0.15) is 0 Å². The quantitative estimate of drug-likeness (QED) is 0.597. The van der Waals surface area contributed by atoms with Crippen LogP contribution in [0.25, 0.3) is 10.9 Å². The molecule has 0 aliphatic heterocycles. The first-order chi connectivity index (χ1) is 11.8. The number of hydrogen-bond donors (Lipinski definition) is 3. The van der Waals surface area contributed by atoms with Crippen LogP contribution in [0, 0.1) is 0 Å². The SMILES string of the molecule is CNC(CNCc1ccccc1OC)Cc1c[nH]c2ccccc12. The van der Waals surface area contributed by atoms with E-state index in [1.165, 1.54) is 22.0 Å². The van der Waals surface area contributed by atoms with E-state index < -0.39 is 0 Å². The number of benzene rings is 2. The summed E-state index contributed by atoms with van der Waals surface area (Å²) in [4.78, 5) is 3.35. The Balaban J connectivity index is 1.59. The van der Waals surface area contributed by atoms with Crippen molar-refractivity contribution in [3.8, 4) is 5.75 Å². The molecule has 3 aromatic rings. The van der Waals surface area contributed by atoms with Crippen molar-refractivity contribution in [3.05, 3.63) is 65.9 Å². The van der Waals surface area contributed by atoms with Crippen molar-refractivity contribution in [1.82, 2.24) is 15.6 Å². The summed E-state index contributed by atoms with van der Waals surface area (Å²) >= 11 is 0. The summed E-state index contributed by atoms with van der Waals surface area (Å²) in [5, 5.41) is 8.26. The van der Waals surface area contributed by atoms with Gasteiger partial charge in [-0.15, -0.1) is 0 Å². The van der Waals surface area contributed by atoms with Crippen LogP contribution in [0.1, 0.15) is 11.1 Å². The highest BCUT2D eigenvalue weighted by molar-refractivity contribution is 5.83. The Labute approximate surface area is 143 Å². The molecule has 126 valence electrons. The van der Waals surface area contributed by atoms with Crippen LogP contribution in [0.5, 0.6) is 5.75 Å². The summed E-state index contributed by atoms with van der Waals surface area (Å²) in [6.45, 7) is 1.70. The molecule has 0 radical (unpaired) electrons. The molecule has 1 unspecified atom stereocenters. The number of likely N-dealkylation sites (N-methyl/N-ethyl adjacent to an activating group) is 1. The third-order valence-electron chi connectivity index (χ3n) is 4.45. The number of hydrogen-bond acceptors (Lipinski definition) is 3. The Hall–Kier alpha value is -2.30. The van der Waals surface area contributed by atoms with Crippen molar-refractivity contribution in [2.75, 3.05) is 20.7 Å². The maximum Gasteiger partial charge on any atom is 0.123 e. The third-order valence-corrected chi connectivity index (χ3v) is 4.45. The normalized spacial score (nSPS) is 12.4. The average Bonchev–Trinajstić information content (AvgIpc) is 3.04. The van der Waals surface area contributed by atoms with E-state index in [0.717, 1.165) is 25.3 Å². The minimum Gasteiger partial charge on any atom is -0.496 e. The van der Waals surface area contributed by atoms with E-state index >= 15 is 0 Å². The fraction of sp³-hybridized carbons (Fsp3) is 0.300. The van der Waals surface area contributed by atoms with Crippen LogP contribution in [-0.2, 0) is 13.0 Å². The van der Waals surface area contributed by atoms with E-state index in [0.29, 0.717) is 6.04 Å². The number of fused-ring (bicyclic) bond motifs is 1. The molecule has 4 nitrogen and oxygen atoms in total. The van der Waals surface area contributed by atoms with E-state index in [-0.39, 0.29) is 0 Å². The molecule has 0 fully saturated rings. The van der Waals surface area contributed by atoms with Gasteiger partial charge in [-0.05, 0) is 31.2 Å². The number of methoxy groups -OCH3 is 1. The highest BCUT2D eigenvalue weighted by Gasteiger charge is 2.11. The van der Waals surface area contributed by atoms with E-state index in [1.807, 2.05) is 25.2 Å². The average molecular weight is 323 g/mol. The lowest BCUT2D eigenvalue weighted by Gasteiger charge is -2.17. The summed E-state index contributed by atoms with van der Waals surface area (Å²) in [6, 6.07) is 17.0. The van der Waals surface area contributed by atoms with Gasteiger partial charge in [0.2, 0.25) is 0 Å². The van der Waals surface area contributed by atoms with E-state index in [9.17, 15) is 0 Å². The van der Waals surface area contributed by atoms with Gasteiger partial charge in [0.1, 0.15) is 5.75 Å². The summed E-state index contributed by atoms with van der Waals surface area (Å²) < 4.78 is 5.40. The molecule has 1 heterocycles. The second kappa shape index (κ2) is 7.99. The van der Waals surface area contributed by atoms with E-state index in [1.54, 1.807) is 7.11 Å². The number of aromatic amines is 1.